The molecule has 1 aliphatic heterocycles. The number of imidazole rings is 1. The fourth-order valence-electron chi connectivity index (χ4n) is 3.76. The molecule has 0 amide bonds. The zero-order chi connectivity index (χ0) is 14.4. The largest absolute Gasteiger partial charge is 0.356 e. The molecule has 2 aromatic rings. The Labute approximate surface area is 126 Å². The van der Waals surface area contributed by atoms with Crippen LogP contribution in [0.15, 0.2) is 18.2 Å². The molecule has 0 fully saturated rings. The van der Waals surface area contributed by atoms with Crippen molar-refractivity contribution in [3.63, 3.8) is 0 Å². The average molecular weight is 281 g/mol. The number of hydrogen-bond donors (Lipinski definition) is 1. The van der Waals surface area contributed by atoms with Crippen molar-refractivity contribution in [2.24, 2.45) is 0 Å². The summed E-state index contributed by atoms with van der Waals surface area (Å²) in [5, 5.41) is 3.50. The van der Waals surface area contributed by atoms with Gasteiger partial charge in [0.15, 0.2) is 0 Å². The standard InChI is InChI=1S/C18H23N3/c1-12-7-8-14(11-13(12)2)16-9-10-19-18-20-15-5-3-4-6-17(15)21(16)18/h7-8,11,16H,3-6,9-10H2,1-2H3,(H,19,20). The van der Waals surface area contributed by atoms with Gasteiger partial charge in [-0.05, 0) is 62.6 Å². The number of fused-ring (bicyclic) bond motifs is 3. The van der Waals surface area contributed by atoms with Crippen LogP contribution in [-0.2, 0) is 12.8 Å². The normalized spacial score (nSPS) is 20.6. The molecule has 3 heteroatoms. The summed E-state index contributed by atoms with van der Waals surface area (Å²) in [4.78, 5) is 4.86. The fraction of sp³-hybridized carbons (Fsp3) is 0.500. The lowest BCUT2D eigenvalue weighted by molar-refractivity contribution is 0.501. The Morgan fingerprint density at radius 1 is 1.14 bits per heavy atom. The van der Waals surface area contributed by atoms with Crippen LogP contribution in [-0.4, -0.2) is 16.1 Å². The third-order valence-electron chi connectivity index (χ3n) is 5.10. The Bertz CT molecular complexity index is 684. The van der Waals surface area contributed by atoms with Gasteiger partial charge in [0.25, 0.3) is 0 Å². The van der Waals surface area contributed by atoms with Gasteiger partial charge in [-0.1, -0.05) is 18.2 Å². The first-order valence-corrected chi connectivity index (χ1v) is 8.15. The minimum absolute atomic E-state index is 0.454. The Morgan fingerprint density at radius 2 is 2.00 bits per heavy atom. The number of nitrogens with one attached hydrogen (secondary N) is 1. The number of anilines is 1. The lowest BCUT2D eigenvalue weighted by Crippen LogP contribution is -2.25. The van der Waals surface area contributed by atoms with Gasteiger partial charge in [-0.25, -0.2) is 4.98 Å². The number of nitrogens with zero attached hydrogens (tertiary/aromatic N) is 2. The molecule has 1 aliphatic carbocycles. The van der Waals surface area contributed by atoms with E-state index in [0.717, 1.165) is 25.3 Å². The molecule has 1 aromatic heterocycles. The second kappa shape index (κ2) is 4.90. The van der Waals surface area contributed by atoms with Crippen LogP contribution in [0.5, 0.6) is 0 Å². The summed E-state index contributed by atoms with van der Waals surface area (Å²) in [6, 6.07) is 7.38. The summed E-state index contributed by atoms with van der Waals surface area (Å²) in [6.07, 6.45) is 6.08. The van der Waals surface area contributed by atoms with E-state index in [1.54, 1.807) is 0 Å². The summed E-state index contributed by atoms with van der Waals surface area (Å²) in [6.45, 7) is 5.42. The summed E-state index contributed by atoms with van der Waals surface area (Å²) in [7, 11) is 0. The van der Waals surface area contributed by atoms with Gasteiger partial charge in [-0.3, -0.25) is 0 Å². The predicted octanol–water partition coefficient (Wildman–Crippen LogP) is 3.78. The highest BCUT2D eigenvalue weighted by molar-refractivity contribution is 5.42. The minimum Gasteiger partial charge on any atom is -0.356 e. The molecule has 3 nitrogen and oxygen atoms in total. The van der Waals surface area contributed by atoms with Gasteiger partial charge in [-0.15, -0.1) is 0 Å². The van der Waals surface area contributed by atoms with E-state index in [4.69, 9.17) is 4.98 Å². The maximum Gasteiger partial charge on any atom is 0.203 e. The Morgan fingerprint density at radius 3 is 2.86 bits per heavy atom. The van der Waals surface area contributed by atoms with E-state index in [1.165, 1.54) is 47.3 Å². The summed E-state index contributed by atoms with van der Waals surface area (Å²) in [5.74, 6) is 1.09. The van der Waals surface area contributed by atoms with E-state index in [2.05, 4.69) is 41.9 Å². The van der Waals surface area contributed by atoms with E-state index >= 15 is 0 Å². The molecule has 1 N–H and O–H groups in total. The van der Waals surface area contributed by atoms with Crippen molar-refractivity contribution >= 4 is 5.95 Å². The molecule has 0 saturated carbocycles. The number of hydrogen-bond acceptors (Lipinski definition) is 2. The molecule has 110 valence electrons. The van der Waals surface area contributed by atoms with Gasteiger partial charge in [0.1, 0.15) is 0 Å². The number of aromatic nitrogens is 2. The van der Waals surface area contributed by atoms with Crippen LogP contribution in [0.25, 0.3) is 0 Å². The van der Waals surface area contributed by atoms with Gasteiger partial charge in [0.2, 0.25) is 5.95 Å². The van der Waals surface area contributed by atoms with Crippen LogP contribution >= 0.6 is 0 Å². The van der Waals surface area contributed by atoms with Crippen LogP contribution in [0.4, 0.5) is 5.95 Å². The molecule has 0 bridgehead atoms. The lowest BCUT2D eigenvalue weighted by atomic mass is 9.96. The van der Waals surface area contributed by atoms with Crippen LogP contribution in [0, 0.1) is 13.8 Å². The number of rotatable bonds is 1. The highest BCUT2D eigenvalue weighted by atomic mass is 15.3. The highest BCUT2D eigenvalue weighted by Gasteiger charge is 2.28. The highest BCUT2D eigenvalue weighted by Crippen LogP contribution is 2.35. The smallest absolute Gasteiger partial charge is 0.203 e. The van der Waals surface area contributed by atoms with Gasteiger partial charge in [0.05, 0.1) is 11.7 Å². The molecule has 0 saturated heterocycles. The molecular formula is C18H23N3. The quantitative estimate of drug-likeness (QED) is 0.862. The molecule has 1 atom stereocenters. The molecule has 1 unspecified atom stereocenters. The van der Waals surface area contributed by atoms with Crippen molar-refractivity contribution < 1.29 is 0 Å². The van der Waals surface area contributed by atoms with E-state index in [1.807, 2.05) is 0 Å². The van der Waals surface area contributed by atoms with Crippen LogP contribution in [0.3, 0.4) is 0 Å². The monoisotopic (exact) mass is 281 g/mol. The zero-order valence-electron chi connectivity index (χ0n) is 12.9. The second-order valence-corrected chi connectivity index (χ2v) is 6.48. The van der Waals surface area contributed by atoms with E-state index in [0.29, 0.717) is 6.04 Å². The second-order valence-electron chi connectivity index (χ2n) is 6.48. The van der Waals surface area contributed by atoms with Crippen molar-refractivity contribution in [2.75, 3.05) is 11.9 Å². The van der Waals surface area contributed by atoms with Crippen molar-refractivity contribution in [1.29, 1.82) is 0 Å². The third-order valence-corrected chi connectivity index (χ3v) is 5.10. The Balaban J connectivity index is 1.82. The molecule has 2 aliphatic rings. The average Bonchev–Trinajstić information content (AvgIpc) is 2.88. The minimum atomic E-state index is 0.454. The van der Waals surface area contributed by atoms with Crippen molar-refractivity contribution in [3.05, 3.63) is 46.3 Å². The Kier molecular flexibility index (Phi) is 3.02. The Hall–Kier alpha value is -1.77. The molecule has 1 aromatic carbocycles. The van der Waals surface area contributed by atoms with Gasteiger partial charge >= 0.3 is 0 Å². The third kappa shape index (κ3) is 2.06. The van der Waals surface area contributed by atoms with Crippen molar-refractivity contribution in [1.82, 2.24) is 9.55 Å². The molecule has 0 spiro atoms. The SMILES string of the molecule is Cc1ccc(C2CCNc3nc4c(n32)CCCC4)cc1C. The first kappa shape index (κ1) is 12.9. The van der Waals surface area contributed by atoms with Crippen LogP contribution < -0.4 is 5.32 Å². The topological polar surface area (TPSA) is 29.9 Å². The molecule has 21 heavy (non-hydrogen) atoms. The number of benzene rings is 1. The summed E-state index contributed by atoms with van der Waals surface area (Å²) < 4.78 is 2.49. The molecular weight excluding hydrogens is 258 g/mol. The van der Waals surface area contributed by atoms with Crippen molar-refractivity contribution in [3.8, 4) is 0 Å². The van der Waals surface area contributed by atoms with E-state index < -0.39 is 0 Å². The summed E-state index contributed by atoms with van der Waals surface area (Å²) >= 11 is 0. The van der Waals surface area contributed by atoms with Gasteiger partial charge < -0.3 is 9.88 Å². The maximum absolute atomic E-state index is 4.86. The first-order valence-electron chi connectivity index (χ1n) is 8.15. The van der Waals surface area contributed by atoms with Gasteiger partial charge in [-0.2, -0.15) is 0 Å². The van der Waals surface area contributed by atoms with E-state index in [9.17, 15) is 0 Å². The predicted molar refractivity (Wildman–Crippen MR) is 86.0 cm³/mol. The van der Waals surface area contributed by atoms with Crippen LogP contribution in [0.1, 0.15) is 53.4 Å². The maximum atomic E-state index is 4.86. The fourth-order valence-corrected chi connectivity index (χ4v) is 3.76. The zero-order valence-corrected chi connectivity index (χ0v) is 12.9. The van der Waals surface area contributed by atoms with E-state index in [-0.39, 0.29) is 0 Å². The molecule has 4 rings (SSSR count). The molecule has 2 heterocycles. The lowest BCUT2D eigenvalue weighted by Gasteiger charge is -2.29. The van der Waals surface area contributed by atoms with Crippen molar-refractivity contribution in [2.45, 2.75) is 52.0 Å². The summed E-state index contributed by atoms with van der Waals surface area (Å²) in [5.41, 5.74) is 7.01. The van der Waals surface area contributed by atoms with Gasteiger partial charge in [0, 0.05) is 12.2 Å². The number of aryl methyl sites for hydroxylation is 3. The first-order chi connectivity index (χ1) is 10.2. The van der Waals surface area contributed by atoms with Crippen LogP contribution in [0.2, 0.25) is 0 Å². The molecule has 0 radical (unpaired) electrons.